The first kappa shape index (κ1) is 16.3. The molecule has 8 heteroatoms. The van der Waals surface area contributed by atoms with Crippen molar-refractivity contribution in [2.45, 2.75) is 17.2 Å². The maximum atomic E-state index is 13.6. The van der Waals surface area contributed by atoms with E-state index in [0.717, 1.165) is 5.69 Å². The number of sulfone groups is 1. The Kier molecular flexibility index (Phi) is 5.23. The van der Waals surface area contributed by atoms with E-state index in [1.165, 1.54) is 35.4 Å². The van der Waals surface area contributed by atoms with Gasteiger partial charge in [-0.3, -0.25) is 0 Å². The van der Waals surface area contributed by atoms with Gasteiger partial charge in [0.05, 0.1) is 12.2 Å². The molecular formula is C13H15FN2O2S3. The van der Waals surface area contributed by atoms with Gasteiger partial charge in [-0.15, -0.1) is 23.1 Å². The van der Waals surface area contributed by atoms with Gasteiger partial charge < -0.3 is 5.32 Å². The van der Waals surface area contributed by atoms with Crippen LogP contribution in [0, 0.1) is 5.82 Å². The van der Waals surface area contributed by atoms with E-state index in [4.69, 9.17) is 0 Å². The van der Waals surface area contributed by atoms with Crippen molar-refractivity contribution in [2.75, 3.05) is 17.8 Å². The largest absolute Gasteiger partial charge is 0.379 e. The van der Waals surface area contributed by atoms with Crippen molar-refractivity contribution in [1.29, 1.82) is 0 Å². The Morgan fingerprint density at radius 2 is 2.19 bits per heavy atom. The number of anilines is 1. The molecule has 0 radical (unpaired) electrons. The minimum absolute atomic E-state index is 0.0469. The molecule has 0 aliphatic rings. The molecule has 0 amide bonds. The van der Waals surface area contributed by atoms with E-state index in [1.54, 1.807) is 17.5 Å². The Balaban J connectivity index is 1.98. The van der Waals surface area contributed by atoms with Gasteiger partial charge in [0, 0.05) is 22.2 Å². The highest BCUT2D eigenvalue weighted by Crippen LogP contribution is 2.22. The number of thiazole rings is 1. The summed E-state index contributed by atoms with van der Waals surface area (Å²) in [5.41, 5.74) is 1.41. The van der Waals surface area contributed by atoms with Crippen molar-refractivity contribution in [2.24, 2.45) is 0 Å². The lowest BCUT2D eigenvalue weighted by atomic mass is 10.3. The lowest BCUT2D eigenvalue weighted by molar-refractivity contribution is 0.600. The normalized spacial score (nSPS) is 11.6. The summed E-state index contributed by atoms with van der Waals surface area (Å²) in [4.78, 5) is 4.85. The third-order valence-corrected chi connectivity index (χ3v) is 5.26. The van der Waals surface area contributed by atoms with Gasteiger partial charge in [0.1, 0.15) is 16.6 Å². The van der Waals surface area contributed by atoms with E-state index >= 15 is 0 Å². The molecule has 2 aromatic rings. The van der Waals surface area contributed by atoms with Gasteiger partial charge >= 0.3 is 0 Å². The van der Waals surface area contributed by atoms with Gasteiger partial charge in [-0.2, -0.15) is 0 Å². The molecular weight excluding hydrogens is 331 g/mol. The Morgan fingerprint density at radius 1 is 1.43 bits per heavy atom. The van der Waals surface area contributed by atoms with Crippen molar-refractivity contribution < 1.29 is 12.8 Å². The van der Waals surface area contributed by atoms with Gasteiger partial charge in [0.2, 0.25) is 0 Å². The second-order valence-electron chi connectivity index (χ2n) is 4.51. The summed E-state index contributed by atoms with van der Waals surface area (Å²) < 4.78 is 36.0. The molecule has 0 bridgehead atoms. The fourth-order valence-electron chi connectivity index (χ4n) is 1.69. The molecule has 0 unspecified atom stereocenters. The number of halogens is 1. The van der Waals surface area contributed by atoms with Gasteiger partial charge in [-0.05, 0) is 24.5 Å². The maximum Gasteiger partial charge on any atom is 0.153 e. The zero-order chi connectivity index (χ0) is 15.5. The summed E-state index contributed by atoms with van der Waals surface area (Å²) in [5, 5.41) is 5.45. The molecule has 0 fully saturated rings. The summed E-state index contributed by atoms with van der Waals surface area (Å²) in [6.45, 7) is 0.429. The second kappa shape index (κ2) is 6.76. The van der Waals surface area contributed by atoms with Gasteiger partial charge in [0.15, 0.2) is 9.84 Å². The predicted octanol–water partition coefficient (Wildman–Crippen LogP) is 3.16. The van der Waals surface area contributed by atoms with Crippen LogP contribution >= 0.6 is 23.1 Å². The monoisotopic (exact) mass is 346 g/mol. The number of aromatic nitrogens is 1. The Labute approximate surface area is 131 Å². The highest BCUT2D eigenvalue weighted by atomic mass is 32.2. The van der Waals surface area contributed by atoms with Gasteiger partial charge in [0.25, 0.3) is 0 Å². The van der Waals surface area contributed by atoms with E-state index in [2.05, 4.69) is 10.3 Å². The zero-order valence-electron chi connectivity index (χ0n) is 11.6. The molecule has 0 atom stereocenters. The smallest absolute Gasteiger partial charge is 0.153 e. The Bertz CT molecular complexity index is 729. The molecule has 21 heavy (non-hydrogen) atoms. The van der Waals surface area contributed by atoms with E-state index in [0.29, 0.717) is 22.1 Å². The molecule has 0 saturated heterocycles. The average Bonchev–Trinajstić information content (AvgIpc) is 2.82. The summed E-state index contributed by atoms with van der Waals surface area (Å²) >= 11 is 2.67. The number of rotatable bonds is 6. The van der Waals surface area contributed by atoms with Crippen LogP contribution in [0.5, 0.6) is 0 Å². The number of nitrogens with zero attached hydrogens (tertiary/aromatic N) is 1. The minimum atomic E-state index is -3.07. The molecule has 1 N–H and O–H groups in total. The van der Waals surface area contributed by atoms with Crippen LogP contribution in [0.25, 0.3) is 0 Å². The van der Waals surface area contributed by atoms with E-state index in [-0.39, 0.29) is 11.6 Å². The molecule has 0 saturated carbocycles. The van der Waals surface area contributed by atoms with Crippen LogP contribution in [0.4, 0.5) is 10.1 Å². The molecule has 1 aromatic heterocycles. The highest BCUT2D eigenvalue weighted by molar-refractivity contribution is 7.98. The first-order valence-electron chi connectivity index (χ1n) is 6.06. The Morgan fingerprint density at radius 3 is 2.81 bits per heavy atom. The van der Waals surface area contributed by atoms with Crippen LogP contribution in [0.2, 0.25) is 0 Å². The minimum Gasteiger partial charge on any atom is -0.379 e. The number of hydrogen-bond acceptors (Lipinski definition) is 6. The van der Waals surface area contributed by atoms with E-state index < -0.39 is 9.84 Å². The predicted molar refractivity (Wildman–Crippen MR) is 86.2 cm³/mol. The highest BCUT2D eigenvalue weighted by Gasteiger charge is 2.09. The molecule has 0 aliphatic carbocycles. The average molecular weight is 346 g/mol. The summed E-state index contributed by atoms with van der Waals surface area (Å²) in [6, 6.07) is 4.97. The van der Waals surface area contributed by atoms with Crippen LogP contribution in [0.1, 0.15) is 10.7 Å². The molecule has 4 nitrogen and oxygen atoms in total. The van der Waals surface area contributed by atoms with Crippen LogP contribution in [-0.2, 0) is 22.1 Å². The topological polar surface area (TPSA) is 59.1 Å². The maximum absolute atomic E-state index is 13.6. The van der Waals surface area contributed by atoms with Crippen molar-refractivity contribution in [3.05, 3.63) is 40.1 Å². The number of hydrogen-bond donors (Lipinski definition) is 1. The molecule has 1 heterocycles. The zero-order valence-corrected chi connectivity index (χ0v) is 14.0. The van der Waals surface area contributed by atoms with E-state index in [9.17, 15) is 12.8 Å². The van der Waals surface area contributed by atoms with Crippen molar-refractivity contribution in [3.8, 4) is 0 Å². The third kappa shape index (κ3) is 4.98. The number of benzene rings is 1. The van der Waals surface area contributed by atoms with Crippen LogP contribution in [0.15, 0.2) is 28.5 Å². The Hall–Kier alpha value is -1.12. The van der Waals surface area contributed by atoms with Crippen LogP contribution < -0.4 is 5.32 Å². The SMILES string of the molecule is CSc1ccc(NCc2csc(CS(C)(=O)=O)n2)cc1F. The molecule has 2 rings (SSSR count). The fourth-order valence-corrected chi connectivity index (χ4v) is 4.15. The van der Waals surface area contributed by atoms with Crippen molar-refractivity contribution >= 4 is 38.6 Å². The van der Waals surface area contributed by atoms with Crippen LogP contribution in [0.3, 0.4) is 0 Å². The summed E-state index contributed by atoms with van der Waals surface area (Å²) in [5.74, 6) is -0.308. The second-order valence-corrected chi connectivity index (χ2v) is 8.44. The summed E-state index contributed by atoms with van der Waals surface area (Å²) in [6.07, 6.45) is 3.01. The van der Waals surface area contributed by atoms with Gasteiger partial charge in [-0.1, -0.05) is 0 Å². The molecule has 1 aromatic carbocycles. The number of nitrogens with one attached hydrogen (secondary N) is 1. The molecule has 0 aliphatic heterocycles. The van der Waals surface area contributed by atoms with Crippen LogP contribution in [-0.4, -0.2) is 25.9 Å². The van der Waals surface area contributed by atoms with Gasteiger partial charge in [-0.25, -0.2) is 17.8 Å². The third-order valence-electron chi connectivity index (χ3n) is 2.61. The summed E-state index contributed by atoms with van der Waals surface area (Å²) in [7, 11) is -3.07. The standard InChI is InChI=1S/C13H15FN2O2S3/c1-19-12-4-3-9(5-11(12)14)15-6-10-7-20-13(16-10)8-21(2,17)18/h3-5,7,15H,6,8H2,1-2H3. The quantitative estimate of drug-likeness (QED) is 0.814. The van der Waals surface area contributed by atoms with Crippen molar-refractivity contribution in [3.63, 3.8) is 0 Å². The van der Waals surface area contributed by atoms with Crippen molar-refractivity contribution in [1.82, 2.24) is 4.98 Å². The lowest BCUT2D eigenvalue weighted by Gasteiger charge is -2.06. The molecule has 114 valence electrons. The fraction of sp³-hybridized carbons (Fsp3) is 0.308. The number of thioether (sulfide) groups is 1. The molecule has 0 spiro atoms. The van der Waals surface area contributed by atoms with E-state index in [1.807, 2.05) is 6.26 Å². The first-order chi connectivity index (χ1) is 9.87. The first-order valence-corrected chi connectivity index (χ1v) is 10.2. The lowest BCUT2D eigenvalue weighted by Crippen LogP contribution is -2.03.